The number of benzene rings is 1. The van der Waals surface area contributed by atoms with Gasteiger partial charge in [0.2, 0.25) is 0 Å². The van der Waals surface area contributed by atoms with Crippen LogP contribution in [0.25, 0.3) is 0 Å². The van der Waals surface area contributed by atoms with Crippen molar-refractivity contribution in [2.45, 2.75) is 6.04 Å². The average Bonchev–Trinajstić information content (AvgIpc) is 2.96. The van der Waals surface area contributed by atoms with Gasteiger partial charge in [-0.2, -0.15) is 5.10 Å². The fourth-order valence-electron chi connectivity index (χ4n) is 2.94. The van der Waals surface area contributed by atoms with Gasteiger partial charge in [0, 0.05) is 31.7 Å². The van der Waals surface area contributed by atoms with Gasteiger partial charge in [0.15, 0.2) is 0 Å². The largest absolute Gasteiger partial charge is 0.383 e. The molecule has 3 N–H and O–H groups in total. The molecule has 0 saturated carbocycles. The number of carbonyl (C=O) groups excluding carboxylic acids is 1. The van der Waals surface area contributed by atoms with Crippen LogP contribution in [-0.4, -0.2) is 53.4 Å². The topological polar surface area (TPSA) is 85.4 Å². The second-order valence-corrected chi connectivity index (χ2v) is 6.43. The average molecular weight is 364 g/mol. The maximum atomic E-state index is 12.4. The van der Waals surface area contributed by atoms with Crippen molar-refractivity contribution >= 4 is 23.3 Å². The molecule has 2 aromatic rings. The maximum Gasteiger partial charge on any atom is 0.256 e. The Labute approximate surface area is 151 Å². The van der Waals surface area contributed by atoms with Gasteiger partial charge in [0.25, 0.3) is 5.91 Å². The van der Waals surface area contributed by atoms with Crippen LogP contribution in [0.1, 0.15) is 22.0 Å². The van der Waals surface area contributed by atoms with Gasteiger partial charge in [-0.1, -0.05) is 23.7 Å². The summed E-state index contributed by atoms with van der Waals surface area (Å²) in [5, 5.41) is 7.68. The molecule has 1 aromatic heterocycles. The fraction of sp³-hybridized carbons (Fsp3) is 0.412. The third-order valence-electron chi connectivity index (χ3n) is 4.43. The predicted molar refractivity (Wildman–Crippen MR) is 96.5 cm³/mol. The first-order valence-electron chi connectivity index (χ1n) is 8.19. The van der Waals surface area contributed by atoms with Crippen LogP contribution in [0.4, 0.5) is 5.82 Å². The molecule has 0 bridgehead atoms. The second-order valence-electron chi connectivity index (χ2n) is 5.99. The molecule has 1 aromatic carbocycles. The number of nitrogen functional groups attached to an aromatic ring is 1. The molecule has 0 radical (unpaired) electrons. The van der Waals surface area contributed by atoms with Gasteiger partial charge in [0.1, 0.15) is 11.4 Å². The highest BCUT2D eigenvalue weighted by Crippen LogP contribution is 2.23. The molecule has 1 unspecified atom stereocenters. The number of nitrogens with two attached hydrogens (primary N) is 1. The van der Waals surface area contributed by atoms with E-state index in [1.54, 1.807) is 7.05 Å². The van der Waals surface area contributed by atoms with Crippen molar-refractivity contribution in [1.29, 1.82) is 0 Å². The molecule has 3 rings (SSSR count). The Balaban J connectivity index is 1.74. The molecule has 7 nitrogen and oxygen atoms in total. The van der Waals surface area contributed by atoms with Crippen molar-refractivity contribution in [3.05, 3.63) is 46.6 Å². The van der Waals surface area contributed by atoms with E-state index in [-0.39, 0.29) is 11.9 Å². The van der Waals surface area contributed by atoms with Crippen molar-refractivity contribution < 1.29 is 9.53 Å². The Morgan fingerprint density at radius 2 is 2.04 bits per heavy atom. The summed E-state index contributed by atoms with van der Waals surface area (Å²) in [7, 11) is 1.70. The van der Waals surface area contributed by atoms with Crippen LogP contribution in [0.2, 0.25) is 5.02 Å². The number of carbonyl (C=O) groups is 1. The fourth-order valence-corrected chi connectivity index (χ4v) is 3.06. The summed E-state index contributed by atoms with van der Waals surface area (Å²) < 4.78 is 6.92. The molecule has 0 spiro atoms. The van der Waals surface area contributed by atoms with E-state index in [0.717, 1.165) is 18.7 Å². The summed E-state index contributed by atoms with van der Waals surface area (Å²) in [6.45, 7) is 3.48. The number of anilines is 1. The predicted octanol–water partition coefficient (Wildman–Crippen LogP) is 1.46. The Bertz CT molecular complexity index is 725. The Morgan fingerprint density at radius 3 is 2.64 bits per heavy atom. The van der Waals surface area contributed by atoms with Gasteiger partial charge in [-0.3, -0.25) is 14.4 Å². The van der Waals surface area contributed by atoms with Crippen LogP contribution in [0.15, 0.2) is 30.5 Å². The lowest BCUT2D eigenvalue weighted by molar-refractivity contribution is 0.0162. The van der Waals surface area contributed by atoms with Gasteiger partial charge < -0.3 is 15.8 Å². The first-order valence-corrected chi connectivity index (χ1v) is 8.57. The molecule has 1 aliphatic rings. The van der Waals surface area contributed by atoms with Crippen LogP contribution in [0.3, 0.4) is 0 Å². The standard InChI is InChI=1S/C17H22ClN5O2/c1-22-16(19)14(10-21-22)17(24)20-11-15(23-6-8-25-9-7-23)12-2-4-13(18)5-3-12/h2-5,10,15H,6-9,11,19H2,1H3,(H,20,24). The lowest BCUT2D eigenvalue weighted by Crippen LogP contribution is -2.43. The number of aromatic nitrogens is 2. The third kappa shape index (κ3) is 4.12. The number of hydrogen-bond acceptors (Lipinski definition) is 5. The van der Waals surface area contributed by atoms with Gasteiger partial charge in [-0.05, 0) is 17.7 Å². The van der Waals surface area contributed by atoms with Crippen molar-refractivity contribution in [2.24, 2.45) is 7.05 Å². The number of nitrogens with one attached hydrogen (secondary N) is 1. The van der Waals surface area contributed by atoms with E-state index in [4.69, 9.17) is 22.1 Å². The highest BCUT2D eigenvalue weighted by molar-refractivity contribution is 6.30. The molecule has 1 aliphatic heterocycles. The van der Waals surface area contributed by atoms with Gasteiger partial charge in [-0.15, -0.1) is 0 Å². The Hall–Kier alpha value is -2.09. The monoisotopic (exact) mass is 363 g/mol. The number of nitrogens with zero attached hydrogens (tertiary/aromatic N) is 3. The molecular weight excluding hydrogens is 342 g/mol. The number of ether oxygens (including phenoxy) is 1. The Morgan fingerprint density at radius 1 is 1.36 bits per heavy atom. The minimum absolute atomic E-state index is 0.0445. The zero-order chi connectivity index (χ0) is 17.8. The zero-order valence-electron chi connectivity index (χ0n) is 14.1. The maximum absolute atomic E-state index is 12.4. The number of aryl methyl sites for hydroxylation is 1. The molecule has 2 heterocycles. The van der Waals surface area contributed by atoms with E-state index in [1.165, 1.54) is 10.9 Å². The van der Waals surface area contributed by atoms with Gasteiger partial charge in [-0.25, -0.2) is 0 Å². The summed E-state index contributed by atoms with van der Waals surface area (Å²) in [6, 6.07) is 7.76. The van der Waals surface area contributed by atoms with Crippen LogP contribution in [0, 0.1) is 0 Å². The minimum atomic E-state index is -0.224. The van der Waals surface area contributed by atoms with Crippen molar-refractivity contribution in [3.8, 4) is 0 Å². The summed E-state index contributed by atoms with van der Waals surface area (Å²) in [5.74, 6) is 0.129. The molecule has 0 aliphatic carbocycles. The molecule has 8 heteroatoms. The quantitative estimate of drug-likeness (QED) is 0.840. The zero-order valence-corrected chi connectivity index (χ0v) is 14.9. The van der Waals surface area contributed by atoms with E-state index in [2.05, 4.69) is 15.3 Å². The lowest BCUT2D eigenvalue weighted by atomic mass is 10.0. The SMILES string of the molecule is Cn1ncc(C(=O)NCC(c2ccc(Cl)cc2)N2CCOCC2)c1N. The highest BCUT2D eigenvalue weighted by Gasteiger charge is 2.24. The van der Waals surface area contributed by atoms with Crippen molar-refractivity contribution in [3.63, 3.8) is 0 Å². The van der Waals surface area contributed by atoms with E-state index >= 15 is 0 Å². The lowest BCUT2D eigenvalue weighted by Gasteiger charge is -2.35. The minimum Gasteiger partial charge on any atom is -0.383 e. The van der Waals surface area contributed by atoms with Crippen LogP contribution >= 0.6 is 11.6 Å². The third-order valence-corrected chi connectivity index (χ3v) is 4.68. The van der Waals surface area contributed by atoms with Crippen LogP contribution in [-0.2, 0) is 11.8 Å². The molecule has 25 heavy (non-hydrogen) atoms. The second kappa shape index (κ2) is 7.86. The summed E-state index contributed by atoms with van der Waals surface area (Å²) in [6.07, 6.45) is 1.48. The summed E-state index contributed by atoms with van der Waals surface area (Å²) in [4.78, 5) is 14.7. The Kier molecular flexibility index (Phi) is 5.57. The first kappa shape index (κ1) is 17.7. The number of hydrogen-bond donors (Lipinski definition) is 2. The molecule has 1 saturated heterocycles. The summed E-state index contributed by atoms with van der Waals surface area (Å²) >= 11 is 6.00. The van der Waals surface area contributed by atoms with E-state index in [9.17, 15) is 4.79 Å². The molecule has 1 amide bonds. The van der Waals surface area contributed by atoms with Crippen LogP contribution < -0.4 is 11.1 Å². The number of morpholine rings is 1. The van der Waals surface area contributed by atoms with E-state index in [0.29, 0.717) is 36.2 Å². The number of amides is 1. The molecule has 1 fully saturated rings. The molecule has 1 atom stereocenters. The molecule has 134 valence electrons. The highest BCUT2D eigenvalue weighted by atomic mass is 35.5. The van der Waals surface area contributed by atoms with Gasteiger partial charge >= 0.3 is 0 Å². The van der Waals surface area contributed by atoms with Crippen molar-refractivity contribution in [1.82, 2.24) is 20.0 Å². The molecular formula is C17H22ClN5O2. The number of rotatable bonds is 5. The summed E-state index contributed by atoms with van der Waals surface area (Å²) in [5.41, 5.74) is 7.37. The van der Waals surface area contributed by atoms with E-state index in [1.807, 2.05) is 24.3 Å². The van der Waals surface area contributed by atoms with Gasteiger partial charge in [0.05, 0.1) is 25.5 Å². The smallest absolute Gasteiger partial charge is 0.256 e. The normalized spacial score (nSPS) is 16.6. The first-order chi connectivity index (χ1) is 12.1. The van der Waals surface area contributed by atoms with Crippen LogP contribution in [0.5, 0.6) is 0 Å². The van der Waals surface area contributed by atoms with Crippen molar-refractivity contribution in [2.75, 3.05) is 38.6 Å². The number of halogens is 1. The van der Waals surface area contributed by atoms with E-state index < -0.39 is 0 Å².